The van der Waals surface area contributed by atoms with E-state index in [0.717, 1.165) is 29.9 Å². The van der Waals surface area contributed by atoms with Crippen molar-refractivity contribution in [3.63, 3.8) is 0 Å². The second-order valence-corrected chi connectivity index (χ2v) is 11.6. The Labute approximate surface area is 210 Å². The fourth-order valence-electron chi connectivity index (χ4n) is 4.73. The summed E-state index contributed by atoms with van der Waals surface area (Å²) in [6.45, 7) is 6.00. The largest absolute Gasteiger partial charge is 0.495 e. The molecule has 2 heterocycles. The van der Waals surface area contributed by atoms with E-state index in [9.17, 15) is 8.42 Å². The van der Waals surface area contributed by atoms with Gasteiger partial charge in [-0.05, 0) is 61.2 Å². The Morgan fingerprint density at radius 2 is 1.71 bits per heavy atom. The lowest BCUT2D eigenvalue weighted by Crippen LogP contribution is -2.54. The van der Waals surface area contributed by atoms with Crippen LogP contribution in [0.2, 0.25) is 0 Å². The maximum atomic E-state index is 13.3. The minimum Gasteiger partial charge on any atom is -0.495 e. The van der Waals surface area contributed by atoms with E-state index in [1.807, 2.05) is 42.5 Å². The van der Waals surface area contributed by atoms with Gasteiger partial charge in [0.2, 0.25) is 0 Å². The van der Waals surface area contributed by atoms with E-state index in [1.54, 1.807) is 30.6 Å². The number of nitrogens with zero attached hydrogens (tertiary/aromatic N) is 1. The lowest BCUT2D eigenvalue weighted by molar-refractivity contribution is 0.406. The van der Waals surface area contributed by atoms with Crippen molar-refractivity contribution in [3.05, 3.63) is 72.1 Å². The number of nitrogens with one attached hydrogen (secondary N) is 2. The summed E-state index contributed by atoms with van der Waals surface area (Å²) in [5.41, 5.74) is 3.49. The molecule has 2 unspecified atom stereocenters. The van der Waals surface area contributed by atoms with E-state index < -0.39 is 10.0 Å². The quantitative estimate of drug-likeness (QED) is 0.357. The number of benzene rings is 3. The van der Waals surface area contributed by atoms with Crippen LogP contribution in [0.3, 0.4) is 0 Å². The average molecular weight is 508 g/mol. The Bertz CT molecular complexity index is 1440. The molecular weight excluding hydrogens is 478 g/mol. The van der Waals surface area contributed by atoms with E-state index >= 15 is 0 Å². The molecule has 1 aromatic heterocycles. The third kappa shape index (κ3) is 4.87. The molecule has 4 aromatic rings. The fourth-order valence-corrected chi connectivity index (χ4v) is 6.76. The molecule has 2 atom stereocenters. The van der Waals surface area contributed by atoms with Crippen LogP contribution in [0.5, 0.6) is 5.75 Å². The zero-order chi connectivity index (χ0) is 24.6. The first-order chi connectivity index (χ1) is 16.8. The first kappa shape index (κ1) is 23.7. The van der Waals surface area contributed by atoms with Crippen molar-refractivity contribution >= 4 is 42.8 Å². The lowest BCUT2D eigenvalue weighted by atomic mass is 10.1. The molecule has 2 N–H and O–H groups in total. The Hall–Kier alpha value is -3.07. The molecule has 1 aliphatic rings. The van der Waals surface area contributed by atoms with Gasteiger partial charge in [-0.15, -0.1) is 11.3 Å². The molecule has 0 amide bonds. The van der Waals surface area contributed by atoms with Crippen molar-refractivity contribution in [2.45, 2.75) is 30.8 Å². The van der Waals surface area contributed by atoms with Crippen LogP contribution in [0.1, 0.15) is 13.8 Å². The van der Waals surface area contributed by atoms with Gasteiger partial charge < -0.3 is 15.0 Å². The highest BCUT2D eigenvalue weighted by Crippen LogP contribution is 2.35. The van der Waals surface area contributed by atoms with Gasteiger partial charge >= 0.3 is 0 Å². The molecule has 0 bridgehead atoms. The molecule has 0 radical (unpaired) electrons. The van der Waals surface area contributed by atoms with Crippen molar-refractivity contribution in [1.82, 2.24) is 5.32 Å². The average Bonchev–Trinajstić information content (AvgIpc) is 3.27. The minimum atomic E-state index is -3.80. The van der Waals surface area contributed by atoms with Crippen molar-refractivity contribution in [2.75, 3.05) is 29.8 Å². The van der Waals surface area contributed by atoms with Crippen LogP contribution in [0, 0.1) is 0 Å². The third-order valence-electron chi connectivity index (χ3n) is 6.31. The number of rotatable bonds is 6. The van der Waals surface area contributed by atoms with Crippen LogP contribution >= 0.6 is 11.3 Å². The van der Waals surface area contributed by atoms with E-state index in [4.69, 9.17) is 4.74 Å². The summed E-state index contributed by atoms with van der Waals surface area (Å²) in [6, 6.07) is 21.6. The molecule has 182 valence electrons. The highest BCUT2D eigenvalue weighted by Gasteiger charge is 2.23. The Morgan fingerprint density at radius 1 is 1.00 bits per heavy atom. The molecule has 0 spiro atoms. The molecule has 1 aliphatic heterocycles. The number of sulfonamides is 1. The molecule has 8 heteroatoms. The number of anilines is 2. The predicted molar refractivity (Wildman–Crippen MR) is 145 cm³/mol. The highest BCUT2D eigenvalue weighted by molar-refractivity contribution is 7.92. The van der Waals surface area contributed by atoms with E-state index in [2.05, 4.69) is 46.3 Å². The topological polar surface area (TPSA) is 70.7 Å². The number of methoxy groups -OCH3 is 1. The van der Waals surface area contributed by atoms with Gasteiger partial charge in [0.05, 0.1) is 17.7 Å². The van der Waals surface area contributed by atoms with Gasteiger partial charge in [-0.1, -0.05) is 30.3 Å². The third-order valence-corrected chi connectivity index (χ3v) is 8.65. The van der Waals surface area contributed by atoms with Crippen molar-refractivity contribution in [3.8, 4) is 16.9 Å². The molecule has 6 nitrogen and oxygen atoms in total. The maximum Gasteiger partial charge on any atom is 0.262 e. The SMILES string of the molecule is COc1ccc(N2CC(C)NC(C)C2)cc1NS(=O)(=O)c1ccc(-c2csc3ccccc23)cc1. The van der Waals surface area contributed by atoms with Gasteiger partial charge in [0.15, 0.2) is 0 Å². The summed E-state index contributed by atoms with van der Waals surface area (Å²) in [5, 5.41) is 6.81. The molecule has 0 saturated carbocycles. The predicted octanol–water partition coefficient (Wildman–Crippen LogP) is 5.56. The Balaban J connectivity index is 1.41. The zero-order valence-electron chi connectivity index (χ0n) is 20.0. The van der Waals surface area contributed by atoms with Crippen molar-refractivity contribution in [1.29, 1.82) is 0 Å². The molecule has 1 fully saturated rings. The molecule has 0 aliphatic carbocycles. The maximum absolute atomic E-state index is 13.3. The number of fused-ring (bicyclic) bond motifs is 1. The second kappa shape index (κ2) is 9.53. The number of thiophene rings is 1. The Kier molecular flexibility index (Phi) is 6.44. The number of piperazine rings is 1. The minimum absolute atomic E-state index is 0.206. The first-order valence-electron chi connectivity index (χ1n) is 11.6. The molecule has 5 rings (SSSR count). The smallest absolute Gasteiger partial charge is 0.262 e. The molecule has 3 aromatic carbocycles. The van der Waals surface area contributed by atoms with Gasteiger partial charge in [-0.3, -0.25) is 4.72 Å². The van der Waals surface area contributed by atoms with Crippen LogP contribution < -0.4 is 19.7 Å². The van der Waals surface area contributed by atoms with Crippen LogP contribution in [0.15, 0.2) is 77.0 Å². The summed E-state index contributed by atoms with van der Waals surface area (Å²) in [5.74, 6) is 0.481. The highest BCUT2D eigenvalue weighted by atomic mass is 32.2. The van der Waals surface area contributed by atoms with E-state index in [1.165, 1.54) is 10.1 Å². The van der Waals surface area contributed by atoms with Crippen molar-refractivity contribution in [2.24, 2.45) is 0 Å². The Morgan fingerprint density at radius 3 is 2.43 bits per heavy atom. The fraction of sp³-hybridized carbons (Fsp3) is 0.259. The molecule has 1 saturated heterocycles. The van der Waals surface area contributed by atoms with Gasteiger partial charge in [-0.25, -0.2) is 8.42 Å². The van der Waals surface area contributed by atoms with Crippen LogP contribution in [0.4, 0.5) is 11.4 Å². The molecular formula is C27H29N3O3S2. The number of hydrogen-bond acceptors (Lipinski definition) is 6. The van der Waals surface area contributed by atoms with Gasteiger partial charge in [0, 0.05) is 46.5 Å². The van der Waals surface area contributed by atoms with Crippen LogP contribution in [-0.2, 0) is 10.0 Å². The summed E-state index contributed by atoms with van der Waals surface area (Å²) >= 11 is 1.69. The van der Waals surface area contributed by atoms with Gasteiger partial charge in [0.1, 0.15) is 5.75 Å². The van der Waals surface area contributed by atoms with E-state index in [-0.39, 0.29) is 4.90 Å². The van der Waals surface area contributed by atoms with Gasteiger partial charge in [0.25, 0.3) is 10.0 Å². The summed E-state index contributed by atoms with van der Waals surface area (Å²) in [7, 11) is -2.26. The van der Waals surface area contributed by atoms with Crippen LogP contribution in [-0.4, -0.2) is 40.7 Å². The number of hydrogen-bond donors (Lipinski definition) is 2. The normalized spacial score (nSPS) is 18.5. The monoisotopic (exact) mass is 507 g/mol. The summed E-state index contributed by atoms with van der Waals surface area (Å²) in [6.07, 6.45) is 0. The second-order valence-electron chi connectivity index (χ2n) is 9.03. The zero-order valence-corrected chi connectivity index (χ0v) is 21.6. The first-order valence-corrected chi connectivity index (χ1v) is 14.0. The summed E-state index contributed by atoms with van der Waals surface area (Å²) < 4.78 is 36.0. The summed E-state index contributed by atoms with van der Waals surface area (Å²) in [4.78, 5) is 2.47. The van der Waals surface area contributed by atoms with Gasteiger partial charge in [-0.2, -0.15) is 0 Å². The van der Waals surface area contributed by atoms with Crippen molar-refractivity contribution < 1.29 is 13.2 Å². The van der Waals surface area contributed by atoms with Crippen LogP contribution in [0.25, 0.3) is 21.2 Å². The van der Waals surface area contributed by atoms with E-state index in [0.29, 0.717) is 23.5 Å². The number of ether oxygens (including phenoxy) is 1. The standard InChI is InChI=1S/C27H29N3O3S2/c1-18-15-30(16-19(2)28-18)21-10-13-26(33-3)25(14-21)29-35(31,32)22-11-8-20(9-12-22)24-17-34-27-7-5-4-6-23(24)27/h4-14,17-19,28-29H,15-16H2,1-3H3. The molecule has 35 heavy (non-hydrogen) atoms. The lowest BCUT2D eigenvalue weighted by Gasteiger charge is -2.38.